The monoisotopic (exact) mass is 200 g/mol. The Balaban J connectivity index is 3.16. The van der Waals surface area contributed by atoms with Gasteiger partial charge in [-0.15, -0.1) is 3.89 Å². The summed E-state index contributed by atoms with van der Waals surface area (Å²) in [6.07, 6.45) is 0. The van der Waals surface area contributed by atoms with Gasteiger partial charge in [-0.25, -0.2) is 4.21 Å². The van der Waals surface area contributed by atoms with Gasteiger partial charge in [0.25, 0.3) is 0 Å². The Bertz CT molecular complexity index is 417. The summed E-state index contributed by atoms with van der Waals surface area (Å²) < 4.78 is 23.6. The van der Waals surface area contributed by atoms with Crippen molar-refractivity contribution in [2.45, 2.75) is 11.8 Å². The zero-order chi connectivity index (χ0) is 10.1. The molecule has 0 N–H and O–H groups in total. The molecule has 1 aromatic carbocycles. The topological polar surface area (TPSA) is 34.1 Å². The van der Waals surface area contributed by atoms with Crippen LogP contribution < -0.4 is 0 Å². The van der Waals surface area contributed by atoms with Crippen LogP contribution in [-0.2, 0) is 9.91 Å². The third kappa shape index (κ3) is 2.39. The van der Waals surface area contributed by atoms with Crippen LogP contribution in [0.25, 0.3) is 0 Å². The SMILES string of the molecule is C=S(=O)(F)c1ccc(C(C)=O)cc1. The molecule has 2 nitrogen and oxygen atoms in total. The molecule has 0 heterocycles. The van der Waals surface area contributed by atoms with E-state index in [0.717, 1.165) is 0 Å². The summed E-state index contributed by atoms with van der Waals surface area (Å²) in [6.45, 7) is 1.41. The van der Waals surface area contributed by atoms with Gasteiger partial charge in [0.05, 0.1) is 4.90 Å². The van der Waals surface area contributed by atoms with E-state index in [9.17, 15) is 12.9 Å². The smallest absolute Gasteiger partial charge is 0.159 e. The van der Waals surface area contributed by atoms with Crippen molar-refractivity contribution >= 4 is 21.6 Å². The third-order valence-electron chi connectivity index (χ3n) is 1.61. The van der Waals surface area contributed by atoms with Gasteiger partial charge in [-0.3, -0.25) is 4.79 Å². The normalized spacial score (nSPS) is 14.9. The molecule has 1 aromatic rings. The van der Waals surface area contributed by atoms with Crippen LogP contribution in [0.3, 0.4) is 0 Å². The molecule has 0 aliphatic heterocycles. The fourth-order valence-corrected chi connectivity index (χ4v) is 1.44. The molecule has 1 rings (SSSR count). The molecule has 0 radical (unpaired) electrons. The first-order chi connectivity index (χ1) is 5.91. The van der Waals surface area contributed by atoms with Gasteiger partial charge in [0.15, 0.2) is 5.78 Å². The number of ketones is 1. The lowest BCUT2D eigenvalue weighted by molar-refractivity contribution is 0.101. The summed E-state index contributed by atoms with van der Waals surface area (Å²) in [4.78, 5) is 10.8. The van der Waals surface area contributed by atoms with Crippen LogP contribution in [0.1, 0.15) is 17.3 Å². The second kappa shape index (κ2) is 3.30. The number of carbonyl (C=O) groups is 1. The van der Waals surface area contributed by atoms with Crippen molar-refractivity contribution in [3.63, 3.8) is 0 Å². The molecule has 1 atom stereocenters. The fraction of sp³-hybridized carbons (Fsp3) is 0.111. The van der Waals surface area contributed by atoms with Crippen LogP contribution in [0.15, 0.2) is 29.2 Å². The van der Waals surface area contributed by atoms with Crippen LogP contribution in [0.5, 0.6) is 0 Å². The number of hydrogen-bond donors (Lipinski definition) is 0. The highest BCUT2D eigenvalue weighted by Gasteiger charge is 2.05. The highest BCUT2D eigenvalue weighted by Crippen LogP contribution is 2.13. The number of Topliss-reactive ketones (excluding diaryl/α,β-unsaturated/α-hetero) is 1. The third-order valence-corrected chi connectivity index (χ3v) is 2.59. The number of hydrogen-bond acceptors (Lipinski definition) is 2. The lowest BCUT2D eigenvalue weighted by Gasteiger charge is -1.99. The summed E-state index contributed by atoms with van der Waals surface area (Å²) in [5.41, 5.74) is 0.465. The molecule has 0 bridgehead atoms. The molecule has 0 aliphatic rings. The Hall–Kier alpha value is -1.16. The second-order valence-electron chi connectivity index (χ2n) is 2.68. The average molecular weight is 200 g/mol. The first-order valence-electron chi connectivity index (χ1n) is 3.59. The van der Waals surface area contributed by atoms with Crippen molar-refractivity contribution < 1.29 is 12.9 Å². The van der Waals surface area contributed by atoms with Crippen LogP contribution in [0.4, 0.5) is 3.89 Å². The summed E-state index contributed by atoms with van der Waals surface area (Å²) in [7, 11) is -3.66. The van der Waals surface area contributed by atoms with Gasteiger partial charge in [-0.1, -0.05) is 12.1 Å². The van der Waals surface area contributed by atoms with E-state index in [1.165, 1.54) is 31.2 Å². The predicted molar refractivity (Wildman–Crippen MR) is 51.1 cm³/mol. The van der Waals surface area contributed by atoms with E-state index in [0.29, 0.717) is 5.56 Å². The van der Waals surface area contributed by atoms with Gasteiger partial charge in [0, 0.05) is 5.56 Å². The molecular formula is C9H9FO2S. The lowest BCUT2D eigenvalue weighted by Crippen LogP contribution is -1.95. The van der Waals surface area contributed by atoms with Crippen LogP contribution in [0, 0.1) is 0 Å². The Morgan fingerprint density at radius 2 is 1.85 bits per heavy atom. The van der Waals surface area contributed by atoms with Crippen molar-refractivity contribution in [1.29, 1.82) is 0 Å². The molecule has 13 heavy (non-hydrogen) atoms. The van der Waals surface area contributed by atoms with E-state index >= 15 is 0 Å². The Labute approximate surface area is 76.7 Å². The molecule has 70 valence electrons. The standard InChI is InChI=1S/C9H9FO2S/c1-7(11)8-3-5-9(6-4-8)13(2,10)12/h3-6H,2H2,1H3. The Kier molecular flexibility index (Phi) is 2.52. The summed E-state index contributed by atoms with van der Waals surface area (Å²) in [5.74, 6) is 2.78. The summed E-state index contributed by atoms with van der Waals surface area (Å²) >= 11 is 0. The maximum atomic E-state index is 12.8. The number of carbonyl (C=O) groups excluding carboxylic acids is 1. The molecule has 0 fully saturated rings. The first-order valence-corrected chi connectivity index (χ1v) is 5.22. The highest BCUT2D eigenvalue weighted by atomic mass is 32.2. The zero-order valence-electron chi connectivity index (χ0n) is 7.12. The van der Waals surface area contributed by atoms with Gasteiger partial charge in [-0.2, -0.15) is 0 Å². The van der Waals surface area contributed by atoms with Crippen LogP contribution in [0.2, 0.25) is 0 Å². The van der Waals surface area contributed by atoms with Crippen LogP contribution in [-0.4, -0.2) is 15.9 Å². The van der Waals surface area contributed by atoms with Crippen molar-refractivity contribution in [2.75, 3.05) is 0 Å². The number of rotatable bonds is 2. The van der Waals surface area contributed by atoms with E-state index < -0.39 is 9.91 Å². The van der Waals surface area contributed by atoms with E-state index in [4.69, 9.17) is 0 Å². The fourth-order valence-electron chi connectivity index (χ4n) is 0.893. The summed E-state index contributed by atoms with van der Waals surface area (Å²) in [5, 5.41) is 0. The highest BCUT2D eigenvalue weighted by molar-refractivity contribution is 7.95. The second-order valence-corrected chi connectivity index (χ2v) is 4.34. The molecule has 0 spiro atoms. The van der Waals surface area contributed by atoms with E-state index in [-0.39, 0.29) is 10.7 Å². The van der Waals surface area contributed by atoms with Crippen molar-refractivity contribution in [2.24, 2.45) is 0 Å². The number of benzene rings is 1. The first kappa shape index (κ1) is 9.92. The van der Waals surface area contributed by atoms with Gasteiger partial charge in [-0.05, 0) is 24.9 Å². The molecule has 0 saturated heterocycles. The van der Waals surface area contributed by atoms with E-state index in [1.54, 1.807) is 0 Å². The molecule has 0 aromatic heterocycles. The van der Waals surface area contributed by atoms with E-state index in [1.807, 2.05) is 0 Å². The minimum atomic E-state index is -3.66. The van der Waals surface area contributed by atoms with Gasteiger partial charge < -0.3 is 0 Å². The zero-order valence-corrected chi connectivity index (χ0v) is 7.94. The average Bonchev–Trinajstić information content (AvgIpc) is 2.03. The van der Waals surface area contributed by atoms with Crippen molar-refractivity contribution in [3.05, 3.63) is 29.8 Å². The van der Waals surface area contributed by atoms with Gasteiger partial charge >= 0.3 is 0 Å². The molecular weight excluding hydrogens is 191 g/mol. The molecule has 4 heteroatoms. The number of halogens is 1. The van der Waals surface area contributed by atoms with Crippen molar-refractivity contribution in [1.82, 2.24) is 0 Å². The Morgan fingerprint density at radius 3 is 2.15 bits per heavy atom. The van der Waals surface area contributed by atoms with Gasteiger partial charge in [0.2, 0.25) is 0 Å². The minimum Gasteiger partial charge on any atom is -0.295 e. The van der Waals surface area contributed by atoms with Gasteiger partial charge in [0.1, 0.15) is 9.91 Å². The molecule has 1 unspecified atom stereocenters. The molecule has 0 saturated carbocycles. The van der Waals surface area contributed by atoms with E-state index in [2.05, 4.69) is 5.87 Å². The Morgan fingerprint density at radius 1 is 1.38 bits per heavy atom. The molecule has 0 aliphatic carbocycles. The van der Waals surface area contributed by atoms with Crippen LogP contribution >= 0.6 is 0 Å². The molecule has 0 amide bonds. The largest absolute Gasteiger partial charge is 0.295 e. The van der Waals surface area contributed by atoms with Crippen molar-refractivity contribution in [3.8, 4) is 0 Å². The maximum Gasteiger partial charge on any atom is 0.159 e. The maximum absolute atomic E-state index is 12.8. The predicted octanol–water partition coefficient (Wildman–Crippen LogP) is 1.85. The summed E-state index contributed by atoms with van der Waals surface area (Å²) in [6, 6.07) is 5.49. The lowest BCUT2D eigenvalue weighted by atomic mass is 10.2. The minimum absolute atomic E-state index is 0.0116. The quantitative estimate of drug-likeness (QED) is 0.415.